The zero-order valence-corrected chi connectivity index (χ0v) is 12.9. The number of halogens is 6. The summed E-state index contributed by atoms with van der Waals surface area (Å²) in [7, 11) is 0. The molecule has 144 valence electrons. The molecule has 11 heteroatoms. The van der Waals surface area contributed by atoms with Gasteiger partial charge in [0.25, 0.3) is 0 Å². The Bertz CT molecular complexity index is 887. The van der Waals surface area contributed by atoms with Gasteiger partial charge < -0.3 is 14.9 Å². The van der Waals surface area contributed by atoms with E-state index in [-0.39, 0.29) is 5.75 Å². The lowest BCUT2D eigenvalue weighted by Gasteiger charge is -2.21. The zero-order chi connectivity index (χ0) is 20.6. The molecule has 0 fully saturated rings. The van der Waals surface area contributed by atoms with E-state index in [2.05, 4.69) is 0 Å². The minimum atomic E-state index is -5.55. The van der Waals surface area contributed by atoms with Crippen LogP contribution in [-0.2, 0) is 12.4 Å². The molecule has 2 rings (SSSR count). The third-order valence-corrected chi connectivity index (χ3v) is 3.28. The number of benzene rings is 2. The van der Waals surface area contributed by atoms with Crippen LogP contribution in [0.5, 0.6) is 11.5 Å². The summed E-state index contributed by atoms with van der Waals surface area (Å²) in [6, 6.07) is 5.82. The Morgan fingerprint density at radius 1 is 0.778 bits per heavy atom. The van der Waals surface area contributed by atoms with Crippen molar-refractivity contribution in [3.63, 3.8) is 0 Å². The first kappa shape index (κ1) is 20.1. The lowest BCUT2D eigenvalue weighted by Crippen LogP contribution is -2.22. The number of ether oxygens (including phenoxy) is 1. The van der Waals surface area contributed by atoms with Crippen LogP contribution < -0.4 is 4.74 Å². The monoisotopic (exact) mass is 394 g/mol. The highest BCUT2D eigenvalue weighted by Gasteiger charge is 2.46. The number of carbonyl (C=O) groups is 2. The van der Waals surface area contributed by atoms with Crippen molar-refractivity contribution < 1.29 is 50.9 Å². The number of hydrogen-bond acceptors (Lipinski definition) is 3. The molecule has 0 bridgehead atoms. The van der Waals surface area contributed by atoms with Gasteiger partial charge in [-0.05, 0) is 18.2 Å². The smallest absolute Gasteiger partial charge is 0.420 e. The fourth-order valence-electron chi connectivity index (χ4n) is 2.24. The van der Waals surface area contributed by atoms with Crippen LogP contribution in [0.4, 0.5) is 26.3 Å². The Balaban J connectivity index is 2.97. The third kappa shape index (κ3) is 4.13. The maximum Gasteiger partial charge on any atom is 0.420 e. The molecule has 2 aromatic rings. The summed E-state index contributed by atoms with van der Waals surface area (Å²) in [4.78, 5) is 22.7. The molecule has 2 N–H and O–H groups in total. The second-order valence-electron chi connectivity index (χ2n) is 5.07. The molecule has 0 radical (unpaired) electrons. The van der Waals surface area contributed by atoms with Gasteiger partial charge in [0.05, 0.1) is 16.7 Å². The van der Waals surface area contributed by atoms with E-state index in [1.807, 2.05) is 0 Å². The Labute approximate surface area is 146 Å². The standard InChI is InChI=1S/C16H8F6O5/c17-15(18,19)8-6-9(16(20,21)22)12(27-7-4-2-1-3-5-7)11(14(25)26)10(8)13(23)24/h1-6H,(H,23,24)(H,25,26). The normalized spacial score (nSPS) is 11.9. The quantitative estimate of drug-likeness (QED) is 0.720. The van der Waals surface area contributed by atoms with Gasteiger partial charge in [0.1, 0.15) is 11.3 Å². The van der Waals surface area contributed by atoms with E-state index < -0.39 is 58.4 Å². The molecule has 5 nitrogen and oxygen atoms in total. The van der Waals surface area contributed by atoms with E-state index in [9.17, 15) is 41.0 Å². The summed E-state index contributed by atoms with van der Waals surface area (Å²) in [6.07, 6.45) is -11.0. The number of alkyl halides is 6. The number of para-hydroxylation sites is 1. The molecule has 0 saturated heterocycles. The van der Waals surface area contributed by atoms with Crippen molar-refractivity contribution in [1.82, 2.24) is 0 Å². The predicted octanol–water partition coefficient (Wildman–Crippen LogP) is 4.91. The average molecular weight is 394 g/mol. The highest BCUT2D eigenvalue weighted by Crippen LogP contribution is 2.46. The summed E-state index contributed by atoms with van der Waals surface area (Å²) >= 11 is 0. The molecule has 0 atom stereocenters. The molecule has 0 amide bonds. The van der Waals surface area contributed by atoms with Crippen LogP contribution >= 0.6 is 0 Å². The van der Waals surface area contributed by atoms with Crippen molar-refractivity contribution in [2.45, 2.75) is 12.4 Å². The summed E-state index contributed by atoms with van der Waals surface area (Å²) < 4.78 is 84.1. The first-order valence-electron chi connectivity index (χ1n) is 6.89. The summed E-state index contributed by atoms with van der Waals surface area (Å²) in [5, 5.41) is 18.2. The first-order chi connectivity index (χ1) is 12.3. The lowest BCUT2D eigenvalue weighted by atomic mass is 9.95. The number of rotatable bonds is 4. The molecule has 0 aliphatic carbocycles. The lowest BCUT2D eigenvalue weighted by molar-refractivity contribution is -0.144. The van der Waals surface area contributed by atoms with Crippen molar-refractivity contribution in [3.8, 4) is 11.5 Å². The Morgan fingerprint density at radius 2 is 1.26 bits per heavy atom. The van der Waals surface area contributed by atoms with Gasteiger partial charge in [-0.2, -0.15) is 26.3 Å². The molecule has 2 aromatic carbocycles. The van der Waals surface area contributed by atoms with E-state index >= 15 is 0 Å². The van der Waals surface area contributed by atoms with E-state index in [4.69, 9.17) is 9.84 Å². The number of carboxylic acid groups (broad SMARTS) is 2. The molecule has 0 unspecified atom stereocenters. The zero-order valence-electron chi connectivity index (χ0n) is 12.9. The molecule has 0 aliphatic heterocycles. The van der Waals surface area contributed by atoms with Crippen LogP contribution in [0.3, 0.4) is 0 Å². The molecule has 0 heterocycles. The van der Waals surface area contributed by atoms with Crippen LogP contribution in [0.2, 0.25) is 0 Å². The summed E-state index contributed by atoms with van der Waals surface area (Å²) in [5.41, 5.74) is -7.93. The van der Waals surface area contributed by atoms with Gasteiger partial charge in [0.15, 0.2) is 5.75 Å². The molecule has 0 saturated carbocycles. The fraction of sp³-hybridized carbons (Fsp3) is 0.125. The molecular formula is C16H8F6O5. The van der Waals surface area contributed by atoms with Crippen LogP contribution in [0.15, 0.2) is 36.4 Å². The van der Waals surface area contributed by atoms with E-state index in [0.717, 1.165) is 12.1 Å². The van der Waals surface area contributed by atoms with Gasteiger partial charge in [-0.3, -0.25) is 0 Å². The summed E-state index contributed by atoms with van der Waals surface area (Å²) in [6.45, 7) is 0. The van der Waals surface area contributed by atoms with Gasteiger partial charge in [-0.15, -0.1) is 0 Å². The minimum Gasteiger partial charge on any atom is -0.478 e. The molecule has 0 spiro atoms. The van der Waals surface area contributed by atoms with E-state index in [1.165, 1.54) is 18.2 Å². The molecular weight excluding hydrogens is 386 g/mol. The van der Waals surface area contributed by atoms with Crippen LogP contribution in [0.25, 0.3) is 0 Å². The van der Waals surface area contributed by atoms with Crippen molar-refractivity contribution in [2.75, 3.05) is 0 Å². The maximum absolute atomic E-state index is 13.3. The SMILES string of the molecule is O=C(O)c1c(C(F)(F)F)cc(C(F)(F)F)c(Oc2ccccc2)c1C(=O)O. The summed E-state index contributed by atoms with van der Waals surface area (Å²) in [5.74, 6) is -6.57. The largest absolute Gasteiger partial charge is 0.478 e. The third-order valence-electron chi connectivity index (χ3n) is 3.28. The van der Waals surface area contributed by atoms with Crippen molar-refractivity contribution >= 4 is 11.9 Å². The Kier molecular flexibility index (Phi) is 5.07. The first-order valence-corrected chi connectivity index (χ1v) is 6.89. The topological polar surface area (TPSA) is 83.8 Å². The van der Waals surface area contributed by atoms with Crippen molar-refractivity contribution in [2.24, 2.45) is 0 Å². The highest BCUT2D eigenvalue weighted by molar-refractivity contribution is 6.05. The Hall–Kier alpha value is -3.24. The number of aromatic carboxylic acids is 2. The van der Waals surface area contributed by atoms with Crippen molar-refractivity contribution in [1.29, 1.82) is 0 Å². The van der Waals surface area contributed by atoms with Crippen LogP contribution in [-0.4, -0.2) is 22.2 Å². The number of carboxylic acids is 2. The maximum atomic E-state index is 13.3. The van der Waals surface area contributed by atoms with Gasteiger partial charge >= 0.3 is 24.3 Å². The molecule has 0 aliphatic rings. The predicted molar refractivity (Wildman–Crippen MR) is 76.9 cm³/mol. The second-order valence-corrected chi connectivity index (χ2v) is 5.07. The van der Waals surface area contributed by atoms with Gasteiger partial charge in [-0.1, -0.05) is 18.2 Å². The molecule has 0 aromatic heterocycles. The fourth-order valence-corrected chi connectivity index (χ4v) is 2.24. The van der Waals surface area contributed by atoms with Gasteiger partial charge in [0.2, 0.25) is 0 Å². The second kappa shape index (κ2) is 6.82. The van der Waals surface area contributed by atoms with Crippen LogP contribution in [0.1, 0.15) is 31.8 Å². The highest BCUT2D eigenvalue weighted by atomic mass is 19.4. The van der Waals surface area contributed by atoms with Crippen molar-refractivity contribution in [3.05, 3.63) is 58.7 Å². The number of hydrogen-bond donors (Lipinski definition) is 2. The van der Waals surface area contributed by atoms with E-state index in [1.54, 1.807) is 0 Å². The molecule has 27 heavy (non-hydrogen) atoms. The van der Waals surface area contributed by atoms with Gasteiger partial charge in [0, 0.05) is 0 Å². The Morgan fingerprint density at radius 3 is 1.67 bits per heavy atom. The minimum absolute atomic E-state index is 0.332. The van der Waals surface area contributed by atoms with Crippen LogP contribution in [0, 0.1) is 0 Å². The van der Waals surface area contributed by atoms with Gasteiger partial charge in [-0.25, -0.2) is 9.59 Å². The average Bonchev–Trinajstić information content (AvgIpc) is 2.52. The van der Waals surface area contributed by atoms with E-state index in [0.29, 0.717) is 0 Å².